The number of nitrogens with zero attached hydrogens (tertiary/aromatic N) is 3. The number of halogens is 2. The van der Waals surface area contributed by atoms with Gasteiger partial charge in [0.25, 0.3) is 6.43 Å². The van der Waals surface area contributed by atoms with E-state index in [-0.39, 0.29) is 12.6 Å². The number of aliphatic imine (C=N–C) groups is 1. The minimum absolute atomic E-state index is 0.132. The van der Waals surface area contributed by atoms with Gasteiger partial charge in [0.15, 0.2) is 5.96 Å². The summed E-state index contributed by atoms with van der Waals surface area (Å²) in [7, 11) is 0. The lowest BCUT2D eigenvalue weighted by Gasteiger charge is -2.32. The van der Waals surface area contributed by atoms with Gasteiger partial charge >= 0.3 is 0 Å². The Bertz CT molecular complexity index is 507. The van der Waals surface area contributed by atoms with Gasteiger partial charge < -0.3 is 15.4 Å². The predicted octanol–water partition coefficient (Wildman–Crippen LogP) is 1.74. The zero-order valence-corrected chi connectivity index (χ0v) is 14.6. The van der Waals surface area contributed by atoms with Crippen molar-refractivity contribution < 1.29 is 13.5 Å². The third-order valence-electron chi connectivity index (χ3n) is 3.93. The van der Waals surface area contributed by atoms with E-state index in [1.165, 1.54) is 0 Å². The molecule has 1 saturated heterocycles. The molecule has 2 N–H and O–H groups in total. The van der Waals surface area contributed by atoms with E-state index in [0.29, 0.717) is 26.2 Å². The molecular formula is C17H27F2N5O. The van der Waals surface area contributed by atoms with Crippen LogP contribution in [0, 0.1) is 0 Å². The first-order valence-electron chi connectivity index (χ1n) is 8.75. The predicted molar refractivity (Wildman–Crippen MR) is 94.3 cm³/mol. The van der Waals surface area contributed by atoms with Crippen LogP contribution in [0.25, 0.3) is 0 Å². The van der Waals surface area contributed by atoms with Crippen molar-refractivity contribution in [3.05, 3.63) is 24.5 Å². The number of hydrogen-bond acceptors (Lipinski definition) is 4. The molecule has 0 spiro atoms. The highest BCUT2D eigenvalue weighted by Crippen LogP contribution is 2.11. The van der Waals surface area contributed by atoms with Crippen molar-refractivity contribution in [3.8, 4) is 5.75 Å². The summed E-state index contributed by atoms with van der Waals surface area (Å²) in [6.45, 7) is 5.00. The van der Waals surface area contributed by atoms with E-state index >= 15 is 0 Å². The number of guanidine groups is 1. The van der Waals surface area contributed by atoms with Crippen molar-refractivity contribution in [2.24, 2.45) is 4.99 Å². The van der Waals surface area contributed by atoms with Crippen molar-refractivity contribution >= 4 is 5.96 Å². The number of alkyl halides is 2. The zero-order chi connectivity index (χ0) is 17.9. The highest BCUT2D eigenvalue weighted by atomic mass is 19.3. The molecule has 0 aliphatic carbocycles. The Morgan fingerprint density at radius 1 is 1.44 bits per heavy atom. The van der Waals surface area contributed by atoms with Gasteiger partial charge in [-0.3, -0.25) is 9.88 Å². The molecule has 8 heteroatoms. The van der Waals surface area contributed by atoms with E-state index in [0.717, 1.165) is 31.1 Å². The van der Waals surface area contributed by atoms with Gasteiger partial charge in [0.05, 0.1) is 19.3 Å². The first-order valence-corrected chi connectivity index (χ1v) is 8.75. The Morgan fingerprint density at radius 3 is 2.88 bits per heavy atom. The molecule has 1 aromatic heterocycles. The number of piperidine rings is 1. The lowest BCUT2D eigenvalue weighted by molar-refractivity contribution is 0.0744. The van der Waals surface area contributed by atoms with Crippen LogP contribution in [0.1, 0.15) is 19.8 Å². The maximum atomic E-state index is 12.4. The fourth-order valence-corrected chi connectivity index (χ4v) is 2.72. The van der Waals surface area contributed by atoms with E-state index in [9.17, 15) is 8.78 Å². The van der Waals surface area contributed by atoms with Gasteiger partial charge in [-0.2, -0.15) is 0 Å². The summed E-state index contributed by atoms with van der Waals surface area (Å²) in [4.78, 5) is 10.3. The number of pyridine rings is 1. The molecule has 1 aromatic rings. The van der Waals surface area contributed by atoms with Gasteiger partial charge in [0, 0.05) is 31.9 Å². The minimum atomic E-state index is -2.26. The summed E-state index contributed by atoms with van der Waals surface area (Å²) < 4.78 is 30.4. The topological polar surface area (TPSA) is 61.8 Å². The molecule has 140 valence electrons. The van der Waals surface area contributed by atoms with E-state index in [1.54, 1.807) is 12.4 Å². The Hall–Kier alpha value is -1.96. The standard InChI is InChI=1S/C17H27F2N5O/c1-2-21-17(22-8-11-25-15-4-3-7-20-12-15)23-14-5-9-24(10-6-14)13-16(18)19/h3-4,7,12,14,16H,2,5-6,8-11,13H2,1H3,(H2,21,22,23). The summed E-state index contributed by atoms with van der Waals surface area (Å²) in [6.07, 6.45) is 2.78. The number of ether oxygens (including phenoxy) is 1. The second kappa shape index (κ2) is 10.8. The largest absolute Gasteiger partial charge is 0.490 e. The highest BCUT2D eigenvalue weighted by Gasteiger charge is 2.21. The van der Waals surface area contributed by atoms with Gasteiger partial charge in [0.2, 0.25) is 0 Å². The maximum Gasteiger partial charge on any atom is 0.251 e. The number of rotatable bonds is 8. The number of nitrogens with one attached hydrogen (secondary N) is 2. The summed E-state index contributed by atoms with van der Waals surface area (Å²) in [5.74, 6) is 1.46. The Morgan fingerprint density at radius 2 is 2.24 bits per heavy atom. The van der Waals surface area contributed by atoms with Crippen LogP contribution in [-0.4, -0.2) is 67.6 Å². The molecular weight excluding hydrogens is 328 g/mol. The Kier molecular flexibility index (Phi) is 8.38. The fraction of sp³-hybridized carbons (Fsp3) is 0.647. The molecule has 0 saturated carbocycles. The van der Waals surface area contributed by atoms with Crippen molar-refractivity contribution in [1.29, 1.82) is 0 Å². The second-order valence-electron chi connectivity index (χ2n) is 5.91. The number of aromatic nitrogens is 1. The summed E-state index contributed by atoms with van der Waals surface area (Å²) in [5.41, 5.74) is 0. The highest BCUT2D eigenvalue weighted by molar-refractivity contribution is 5.80. The number of likely N-dealkylation sites (tertiary alicyclic amines) is 1. The fourth-order valence-electron chi connectivity index (χ4n) is 2.72. The molecule has 6 nitrogen and oxygen atoms in total. The first-order chi connectivity index (χ1) is 12.2. The normalized spacial score (nSPS) is 16.9. The first kappa shape index (κ1) is 19.4. The van der Waals surface area contributed by atoms with Gasteiger partial charge in [-0.1, -0.05) is 0 Å². The quantitative estimate of drug-likeness (QED) is 0.423. The summed E-state index contributed by atoms with van der Waals surface area (Å²) in [6, 6.07) is 3.93. The van der Waals surface area contributed by atoms with Crippen LogP contribution in [0.3, 0.4) is 0 Å². The molecule has 0 amide bonds. The molecule has 1 fully saturated rings. The molecule has 0 unspecified atom stereocenters. The third-order valence-corrected chi connectivity index (χ3v) is 3.93. The lowest BCUT2D eigenvalue weighted by Crippen LogP contribution is -2.49. The van der Waals surface area contributed by atoms with Gasteiger partial charge in [0.1, 0.15) is 12.4 Å². The molecule has 0 bridgehead atoms. The second-order valence-corrected chi connectivity index (χ2v) is 5.91. The molecule has 1 aliphatic rings. The van der Waals surface area contributed by atoms with Crippen molar-refractivity contribution in [1.82, 2.24) is 20.5 Å². The van der Waals surface area contributed by atoms with Crippen LogP contribution in [0.5, 0.6) is 5.75 Å². The summed E-state index contributed by atoms with van der Waals surface area (Å²) >= 11 is 0. The maximum absolute atomic E-state index is 12.4. The molecule has 25 heavy (non-hydrogen) atoms. The smallest absolute Gasteiger partial charge is 0.251 e. The Balaban J connectivity index is 1.72. The van der Waals surface area contributed by atoms with E-state index in [2.05, 4.69) is 20.6 Å². The van der Waals surface area contributed by atoms with Gasteiger partial charge in [-0.25, -0.2) is 13.8 Å². The van der Waals surface area contributed by atoms with Crippen LogP contribution in [0.2, 0.25) is 0 Å². The Labute approximate surface area is 147 Å². The average Bonchev–Trinajstić information content (AvgIpc) is 2.61. The van der Waals surface area contributed by atoms with Crippen molar-refractivity contribution in [2.75, 3.05) is 39.3 Å². The van der Waals surface area contributed by atoms with Crippen LogP contribution >= 0.6 is 0 Å². The lowest BCUT2D eigenvalue weighted by atomic mass is 10.1. The van der Waals surface area contributed by atoms with E-state index in [4.69, 9.17) is 4.74 Å². The molecule has 2 rings (SSSR count). The minimum Gasteiger partial charge on any atom is -0.490 e. The monoisotopic (exact) mass is 355 g/mol. The molecule has 2 heterocycles. The third kappa shape index (κ3) is 7.64. The van der Waals surface area contributed by atoms with E-state index < -0.39 is 6.43 Å². The zero-order valence-electron chi connectivity index (χ0n) is 14.6. The number of hydrogen-bond donors (Lipinski definition) is 2. The van der Waals surface area contributed by atoms with Crippen molar-refractivity contribution in [2.45, 2.75) is 32.2 Å². The summed E-state index contributed by atoms with van der Waals surface area (Å²) in [5, 5.41) is 6.60. The van der Waals surface area contributed by atoms with Crippen LogP contribution in [0.4, 0.5) is 8.78 Å². The molecule has 0 radical (unpaired) electrons. The average molecular weight is 355 g/mol. The van der Waals surface area contributed by atoms with Gasteiger partial charge in [-0.15, -0.1) is 0 Å². The van der Waals surface area contributed by atoms with Crippen molar-refractivity contribution in [3.63, 3.8) is 0 Å². The molecule has 0 atom stereocenters. The molecule has 0 aromatic carbocycles. The van der Waals surface area contributed by atoms with E-state index in [1.807, 2.05) is 24.0 Å². The van der Waals surface area contributed by atoms with Crippen LogP contribution in [-0.2, 0) is 0 Å². The van der Waals surface area contributed by atoms with Crippen LogP contribution in [0.15, 0.2) is 29.5 Å². The van der Waals surface area contributed by atoms with Gasteiger partial charge in [-0.05, 0) is 31.9 Å². The SMILES string of the molecule is CCNC(=NCCOc1cccnc1)NC1CCN(CC(F)F)CC1. The molecule has 1 aliphatic heterocycles. The van der Waals surface area contributed by atoms with Crippen LogP contribution < -0.4 is 15.4 Å².